The molecule has 0 aliphatic carbocycles. The molecule has 0 aliphatic heterocycles. The number of nitrogens with one attached hydrogen (secondary N) is 1. The van der Waals surface area contributed by atoms with Crippen molar-refractivity contribution in [2.45, 2.75) is 6.42 Å². The first-order valence-corrected chi connectivity index (χ1v) is 7.77. The smallest absolute Gasteiger partial charge is 0.307 e. The van der Waals surface area contributed by atoms with Gasteiger partial charge in [0, 0.05) is 47.0 Å². The zero-order chi connectivity index (χ0) is 17.6. The molecule has 25 heavy (non-hydrogen) atoms. The normalized spacial score (nSPS) is 10.2. The van der Waals surface area contributed by atoms with Crippen LogP contribution in [0.15, 0.2) is 48.9 Å². The molecule has 0 unspecified atom stereocenters. The minimum Gasteiger partial charge on any atom is -0.469 e. The number of fused-ring (bicyclic) bond motifs is 1. The van der Waals surface area contributed by atoms with E-state index in [0.29, 0.717) is 17.9 Å². The van der Waals surface area contributed by atoms with Gasteiger partial charge in [-0.05, 0) is 12.1 Å². The van der Waals surface area contributed by atoms with E-state index in [2.05, 4.69) is 26.1 Å². The number of nitriles is 1. The first-order chi connectivity index (χ1) is 12.2. The minimum atomic E-state index is -0.290. The van der Waals surface area contributed by atoms with E-state index < -0.39 is 0 Å². The molecule has 6 heteroatoms. The Bertz CT molecular complexity index is 949. The third kappa shape index (κ3) is 3.40. The average Bonchev–Trinajstić information content (AvgIpc) is 2.68. The third-order valence-electron chi connectivity index (χ3n) is 3.85. The maximum atomic E-state index is 11.3. The molecule has 2 aromatic heterocycles. The number of aromatic nitrogens is 2. The van der Waals surface area contributed by atoms with Gasteiger partial charge in [0.15, 0.2) is 0 Å². The fourth-order valence-corrected chi connectivity index (χ4v) is 2.66. The number of pyridine rings is 2. The molecular formula is C19H16N4O2. The largest absolute Gasteiger partial charge is 0.469 e. The van der Waals surface area contributed by atoms with E-state index in [-0.39, 0.29) is 12.4 Å². The molecule has 3 rings (SSSR count). The Labute approximate surface area is 145 Å². The second-order valence-corrected chi connectivity index (χ2v) is 5.36. The van der Waals surface area contributed by atoms with Crippen molar-refractivity contribution in [1.82, 2.24) is 9.97 Å². The van der Waals surface area contributed by atoms with Crippen LogP contribution in [0.5, 0.6) is 0 Å². The molecular weight excluding hydrogens is 316 g/mol. The summed E-state index contributed by atoms with van der Waals surface area (Å²) in [6.07, 6.45) is 5.41. The van der Waals surface area contributed by atoms with Gasteiger partial charge in [-0.15, -0.1) is 0 Å². The number of ether oxygens (including phenoxy) is 1. The summed E-state index contributed by atoms with van der Waals surface area (Å²) in [5, 5.41) is 14.3. The predicted octanol–water partition coefficient (Wildman–Crippen LogP) is 3.14. The highest BCUT2D eigenvalue weighted by Crippen LogP contribution is 2.33. The summed E-state index contributed by atoms with van der Waals surface area (Å²) < 4.78 is 4.64. The van der Waals surface area contributed by atoms with Crippen LogP contribution in [0.25, 0.3) is 21.9 Å². The van der Waals surface area contributed by atoms with Crippen LogP contribution >= 0.6 is 0 Å². The van der Waals surface area contributed by atoms with Crippen LogP contribution in [0.2, 0.25) is 0 Å². The summed E-state index contributed by atoms with van der Waals surface area (Å²) in [4.78, 5) is 19.9. The highest BCUT2D eigenvalue weighted by atomic mass is 16.5. The van der Waals surface area contributed by atoms with Crippen molar-refractivity contribution < 1.29 is 9.53 Å². The summed E-state index contributed by atoms with van der Waals surface area (Å²) in [6.45, 7) is 0.401. The molecule has 0 atom stereocenters. The van der Waals surface area contributed by atoms with Crippen LogP contribution in [0.3, 0.4) is 0 Å². The lowest BCUT2D eigenvalue weighted by Gasteiger charge is -2.13. The van der Waals surface area contributed by atoms with Crippen molar-refractivity contribution in [3.63, 3.8) is 0 Å². The van der Waals surface area contributed by atoms with Gasteiger partial charge in [-0.2, -0.15) is 5.26 Å². The Kier molecular flexibility index (Phi) is 4.86. The molecule has 0 aliphatic rings. The zero-order valence-corrected chi connectivity index (χ0v) is 13.7. The lowest BCUT2D eigenvalue weighted by atomic mass is 9.97. The first kappa shape index (κ1) is 16.4. The van der Waals surface area contributed by atoms with Crippen molar-refractivity contribution in [2.24, 2.45) is 0 Å². The fourth-order valence-electron chi connectivity index (χ4n) is 2.66. The number of hydrogen-bond acceptors (Lipinski definition) is 6. The number of benzene rings is 1. The van der Waals surface area contributed by atoms with E-state index in [1.807, 2.05) is 24.3 Å². The molecule has 0 spiro atoms. The van der Waals surface area contributed by atoms with Crippen LogP contribution in [0, 0.1) is 11.3 Å². The van der Waals surface area contributed by atoms with E-state index in [0.717, 1.165) is 21.9 Å². The number of carbonyl (C=O) groups excluding carboxylic acids is 1. The van der Waals surface area contributed by atoms with Gasteiger partial charge in [0.1, 0.15) is 5.82 Å². The quantitative estimate of drug-likeness (QED) is 0.722. The van der Waals surface area contributed by atoms with Gasteiger partial charge in [0.05, 0.1) is 25.2 Å². The van der Waals surface area contributed by atoms with Crippen LogP contribution in [-0.2, 0) is 9.53 Å². The van der Waals surface area contributed by atoms with E-state index in [1.54, 1.807) is 24.7 Å². The molecule has 0 fully saturated rings. The SMILES string of the molecule is COC(=O)CCNc1ncc(-c2cccnc2)c2c(C#N)cccc12. The number of nitrogens with zero attached hydrogens (tertiary/aromatic N) is 3. The summed E-state index contributed by atoms with van der Waals surface area (Å²) in [7, 11) is 1.36. The summed E-state index contributed by atoms with van der Waals surface area (Å²) in [5.41, 5.74) is 2.30. The van der Waals surface area contributed by atoms with Crippen molar-refractivity contribution >= 4 is 22.6 Å². The molecule has 1 aromatic carbocycles. The average molecular weight is 332 g/mol. The summed E-state index contributed by atoms with van der Waals surface area (Å²) in [6, 6.07) is 11.5. The van der Waals surface area contributed by atoms with Gasteiger partial charge in [-0.1, -0.05) is 18.2 Å². The van der Waals surface area contributed by atoms with E-state index in [1.165, 1.54) is 7.11 Å². The van der Waals surface area contributed by atoms with Crippen molar-refractivity contribution in [3.05, 3.63) is 54.5 Å². The molecule has 0 radical (unpaired) electrons. The highest BCUT2D eigenvalue weighted by Gasteiger charge is 2.13. The number of methoxy groups -OCH3 is 1. The number of hydrogen-bond donors (Lipinski definition) is 1. The molecule has 124 valence electrons. The van der Waals surface area contributed by atoms with Gasteiger partial charge < -0.3 is 10.1 Å². The molecule has 3 aromatic rings. The summed E-state index contributed by atoms with van der Waals surface area (Å²) >= 11 is 0. The van der Waals surface area contributed by atoms with Crippen molar-refractivity contribution in [3.8, 4) is 17.2 Å². The monoisotopic (exact) mass is 332 g/mol. The first-order valence-electron chi connectivity index (χ1n) is 7.77. The van der Waals surface area contributed by atoms with Gasteiger partial charge >= 0.3 is 5.97 Å². The standard InChI is InChI=1S/C19H16N4O2/c1-25-17(24)7-9-22-19-15-6-2-4-13(10-20)18(15)16(12-23-19)14-5-3-8-21-11-14/h2-6,8,11-12H,7,9H2,1H3,(H,22,23). The Morgan fingerprint density at radius 3 is 2.88 bits per heavy atom. The Morgan fingerprint density at radius 1 is 1.28 bits per heavy atom. The lowest BCUT2D eigenvalue weighted by molar-refractivity contribution is -0.140. The van der Waals surface area contributed by atoms with E-state index in [4.69, 9.17) is 0 Å². The van der Waals surface area contributed by atoms with Gasteiger partial charge in [-0.25, -0.2) is 4.98 Å². The van der Waals surface area contributed by atoms with Crippen LogP contribution in [-0.4, -0.2) is 29.6 Å². The van der Waals surface area contributed by atoms with Gasteiger partial charge in [0.25, 0.3) is 0 Å². The predicted molar refractivity (Wildman–Crippen MR) is 94.8 cm³/mol. The topological polar surface area (TPSA) is 87.9 Å². The maximum absolute atomic E-state index is 11.3. The molecule has 0 amide bonds. The van der Waals surface area contributed by atoms with Crippen molar-refractivity contribution in [1.29, 1.82) is 5.26 Å². The van der Waals surface area contributed by atoms with E-state index in [9.17, 15) is 10.1 Å². The molecule has 0 saturated carbocycles. The second kappa shape index (κ2) is 7.41. The highest BCUT2D eigenvalue weighted by molar-refractivity contribution is 6.04. The van der Waals surface area contributed by atoms with Gasteiger partial charge in [0.2, 0.25) is 0 Å². The fraction of sp³-hybridized carbons (Fsp3) is 0.158. The number of esters is 1. The number of anilines is 1. The molecule has 2 heterocycles. The Morgan fingerprint density at radius 2 is 2.16 bits per heavy atom. The van der Waals surface area contributed by atoms with Crippen LogP contribution in [0.1, 0.15) is 12.0 Å². The molecule has 0 bridgehead atoms. The Balaban J connectivity index is 2.08. The minimum absolute atomic E-state index is 0.238. The zero-order valence-electron chi connectivity index (χ0n) is 13.7. The number of rotatable bonds is 5. The summed E-state index contributed by atoms with van der Waals surface area (Å²) in [5.74, 6) is 0.338. The number of carbonyl (C=O) groups is 1. The molecule has 6 nitrogen and oxygen atoms in total. The van der Waals surface area contributed by atoms with Crippen molar-refractivity contribution in [2.75, 3.05) is 19.0 Å². The Hall–Kier alpha value is -3.46. The van der Waals surface area contributed by atoms with E-state index >= 15 is 0 Å². The second-order valence-electron chi connectivity index (χ2n) is 5.36. The molecule has 0 saturated heterocycles. The maximum Gasteiger partial charge on any atom is 0.307 e. The molecule has 1 N–H and O–H groups in total. The third-order valence-corrected chi connectivity index (χ3v) is 3.85. The van der Waals surface area contributed by atoms with Crippen LogP contribution in [0.4, 0.5) is 5.82 Å². The lowest BCUT2D eigenvalue weighted by Crippen LogP contribution is -2.11. The van der Waals surface area contributed by atoms with Gasteiger partial charge in [-0.3, -0.25) is 9.78 Å². The van der Waals surface area contributed by atoms with Crippen LogP contribution < -0.4 is 5.32 Å².